The van der Waals surface area contributed by atoms with E-state index in [0.717, 1.165) is 39.4 Å². The lowest BCUT2D eigenvalue weighted by molar-refractivity contribution is -0.00000479. The topological polar surface area (TPSA) is 24.5 Å². The quantitative estimate of drug-likeness (QED) is 0.644. The number of rotatable bonds is 6. The first kappa shape index (κ1) is 14.9. The third-order valence-electron chi connectivity index (χ3n) is 2.81. The summed E-state index contributed by atoms with van der Waals surface area (Å²) in [5, 5.41) is 5.61. The van der Waals surface area contributed by atoms with Crippen LogP contribution in [0.25, 0.3) is 0 Å². The maximum absolute atomic E-state index is 5.32. The summed E-state index contributed by atoms with van der Waals surface area (Å²) in [6.07, 6.45) is 1.23. The molecular weight excluding hydrogens is 256 g/mol. The molecule has 0 aliphatic carbocycles. The highest BCUT2D eigenvalue weighted by Gasteiger charge is 2.08. The summed E-state index contributed by atoms with van der Waals surface area (Å²) in [6.45, 7) is 7.33. The van der Waals surface area contributed by atoms with E-state index in [2.05, 4.69) is 27.7 Å². The smallest absolute Gasteiger partial charge is 0.0594 e. The second-order valence-electron chi connectivity index (χ2n) is 4.06. The molecule has 0 aromatic carbocycles. The average molecular weight is 276 g/mol. The van der Waals surface area contributed by atoms with Gasteiger partial charge in [-0.15, -0.1) is 11.3 Å². The summed E-state index contributed by atoms with van der Waals surface area (Å²) < 4.78 is 5.32. The third-order valence-corrected chi connectivity index (χ3v) is 3.69. The second-order valence-corrected chi connectivity index (χ2v) is 5.10. The summed E-state index contributed by atoms with van der Waals surface area (Å²) >= 11 is 1.82. The highest BCUT2D eigenvalue weighted by atomic mass is 35.5. The van der Waals surface area contributed by atoms with Gasteiger partial charge in [0.25, 0.3) is 0 Å². The third kappa shape index (κ3) is 5.84. The predicted molar refractivity (Wildman–Crippen MR) is 67.9 cm³/mol. The van der Waals surface area contributed by atoms with Gasteiger partial charge in [0.1, 0.15) is 0 Å². The van der Waals surface area contributed by atoms with Crippen LogP contribution < -0.4 is 17.7 Å². The van der Waals surface area contributed by atoms with E-state index in [9.17, 15) is 0 Å². The van der Waals surface area contributed by atoms with Gasteiger partial charge in [0.05, 0.1) is 13.2 Å². The molecule has 2 rings (SSSR count). The zero-order valence-electron chi connectivity index (χ0n) is 10.0. The Kier molecular flexibility index (Phi) is 7.81. The van der Waals surface area contributed by atoms with Crippen LogP contribution in [0.15, 0.2) is 17.5 Å². The molecule has 1 N–H and O–H groups in total. The van der Waals surface area contributed by atoms with Crippen molar-refractivity contribution in [3.05, 3.63) is 22.4 Å². The molecule has 0 bridgehead atoms. The Labute approximate surface area is 114 Å². The molecule has 1 aliphatic heterocycles. The molecule has 0 spiro atoms. The van der Waals surface area contributed by atoms with Crippen LogP contribution in [0, 0.1) is 0 Å². The van der Waals surface area contributed by atoms with Crippen LogP contribution in [-0.2, 0) is 11.3 Å². The number of morpholine rings is 1. The summed E-state index contributed by atoms with van der Waals surface area (Å²) in [7, 11) is 0. The highest BCUT2D eigenvalue weighted by Crippen LogP contribution is 2.07. The van der Waals surface area contributed by atoms with Crippen molar-refractivity contribution >= 4 is 11.3 Å². The number of thiophene rings is 1. The number of nitrogens with zero attached hydrogens (tertiary/aromatic N) is 1. The SMILES string of the molecule is [Cl-].c1csc(CNCCCN2CCOCC2)c1. The van der Waals surface area contributed by atoms with Gasteiger partial charge in [0.15, 0.2) is 0 Å². The van der Waals surface area contributed by atoms with E-state index in [0.29, 0.717) is 0 Å². The lowest BCUT2D eigenvalue weighted by atomic mass is 10.3. The molecule has 5 heteroatoms. The van der Waals surface area contributed by atoms with Crippen LogP contribution >= 0.6 is 11.3 Å². The van der Waals surface area contributed by atoms with Gasteiger partial charge in [-0.3, -0.25) is 4.90 Å². The molecule has 0 saturated carbocycles. The van der Waals surface area contributed by atoms with Crippen molar-refractivity contribution in [2.75, 3.05) is 39.4 Å². The molecule has 1 fully saturated rings. The number of ether oxygens (including phenoxy) is 1. The van der Waals surface area contributed by atoms with Crippen LogP contribution in [0.1, 0.15) is 11.3 Å². The fourth-order valence-electron chi connectivity index (χ4n) is 1.88. The zero-order chi connectivity index (χ0) is 11.1. The Morgan fingerprint density at radius 2 is 2.18 bits per heavy atom. The van der Waals surface area contributed by atoms with Crippen molar-refractivity contribution in [2.24, 2.45) is 0 Å². The van der Waals surface area contributed by atoms with E-state index in [1.807, 2.05) is 11.3 Å². The van der Waals surface area contributed by atoms with Crippen LogP contribution in [0.2, 0.25) is 0 Å². The molecule has 0 radical (unpaired) electrons. The van der Waals surface area contributed by atoms with Crippen molar-refractivity contribution in [2.45, 2.75) is 13.0 Å². The number of nitrogens with one attached hydrogen (secondary N) is 1. The van der Waals surface area contributed by atoms with Gasteiger partial charge in [-0.1, -0.05) is 6.07 Å². The molecule has 0 atom stereocenters. The minimum absolute atomic E-state index is 0. The van der Waals surface area contributed by atoms with Gasteiger partial charge < -0.3 is 22.5 Å². The summed E-state index contributed by atoms with van der Waals surface area (Å²) in [5.74, 6) is 0. The molecule has 0 unspecified atom stereocenters. The van der Waals surface area contributed by atoms with E-state index >= 15 is 0 Å². The first-order valence-corrected chi connectivity index (χ1v) is 6.86. The minimum atomic E-state index is 0. The highest BCUT2D eigenvalue weighted by molar-refractivity contribution is 7.09. The van der Waals surface area contributed by atoms with Crippen LogP contribution in [0.3, 0.4) is 0 Å². The maximum atomic E-state index is 5.32. The summed E-state index contributed by atoms with van der Waals surface area (Å²) in [6, 6.07) is 4.29. The van der Waals surface area contributed by atoms with E-state index in [4.69, 9.17) is 4.74 Å². The lowest BCUT2D eigenvalue weighted by Gasteiger charge is -2.26. The van der Waals surface area contributed by atoms with E-state index < -0.39 is 0 Å². The Morgan fingerprint density at radius 3 is 2.88 bits per heavy atom. The van der Waals surface area contributed by atoms with Gasteiger partial charge >= 0.3 is 0 Å². The number of halogens is 1. The molecule has 0 amide bonds. The van der Waals surface area contributed by atoms with Crippen LogP contribution in [0.4, 0.5) is 0 Å². The Bertz CT molecular complexity index is 276. The molecule has 17 heavy (non-hydrogen) atoms. The van der Waals surface area contributed by atoms with Crippen molar-refractivity contribution < 1.29 is 17.1 Å². The van der Waals surface area contributed by atoms with Crippen molar-refractivity contribution in [1.82, 2.24) is 10.2 Å². The second kappa shape index (κ2) is 8.89. The van der Waals surface area contributed by atoms with E-state index in [1.54, 1.807) is 0 Å². The van der Waals surface area contributed by atoms with Crippen LogP contribution in [-0.4, -0.2) is 44.3 Å². The number of hydrogen-bond acceptors (Lipinski definition) is 4. The maximum Gasteiger partial charge on any atom is 0.0594 e. The molecule has 1 saturated heterocycles. The first-order chi connectivity index (χ1) is 7.95. The van der Waals surface area contributed by atoms with Gasteiger partial charge in [0, 0.05) is 24.5 Å². The van der Waals surface area contributed by atoms with E-state index in [1.165, 1.54) is 17.8 Å². The van der Waals surface area contributed by atoms with Gasteiger partial charge in [-0.05, 0) is 31.0 Å². The monoisotopic (exact) mass is 275 g/mol. The summed E-state index contributed by atoms with van der Waals surface area (Å²) in [4.78, 5) is 3.91. The van der Waals surface area contributed by atoms with Gasteiger partial charge in [-0.25, -0.2) is 0 Å². The minimum Gasteiger partial charge on any atom is -1.00 e. The molecule has 1 aromatic heterocycles. The molecule has 1 aliphatic rings. The predicted octanol–water partition coefficient (Wildman–Crippen LogP) is -1.44. The lowest BCUT2D eigenvalue weighted by Crippen LogP contribution is -3.00. The van der Waals surface area contributed by atoms with Crippen molar-refractivity contribution in [3.8, 4) is 0 Å². The Hall–Kier alpha value is -0.130. The normalized spacial score (nSPS) is 16.7. The molecule has 3 nitrogen and oxygen atoms in total. The standard InChI is InChI=1S/C12H20N2OS.ClH/c1-3-12(16-10-1)11-13-4-2-5-14-6-8-15-9-7-14;/h1,3,10,13H,2,4-9,11H2;1H/p-1. The fraction of sp³-hybridized carbons (Fsp3) is 0.667. The zero-order valence-corrected chi connectivity index (χ0v) is 11.6. The van der Waals surface area contributed by atoms with E-state index in [-0.39, 0.29) is 12.4 Å². The molecular formula is C12H20ClN2OS-. The molecule has 2 heterocycles. The summed E-state index contributed by atoms with van der Waals surface area (Å²) in [5.41, 5.74) is 0. The van der Waals surface area contributed by atoms with Gasteiger partial charge in [0.2, 0.25) is 0 Å². The van der Waals surface area contributed by atoms with Gasteiger partial charge in [-0.2, -0.15) is 0 Å². The van der Waals surface area contributed by atoms with Crippen molar-refractivity contribution in [3.63, 3.8) is 0 Å². The first-order valence-electron chi connectivity index (χ1n) is 5.98. The van der Waals surface area contributed by atoms with Crippen molar-refractivity contribution in [1.29, 1.82) is 0 Å². The number of hydrogen-bond donors (Lipinski definition) is 1. The Morgan fingerprint density at radius 1 is 1.35 bits per heavy atom. The largest absolute Gasteiger partial charge is 1.00 e. The molecule has 1 aromatic rings. The fourth-order valence-corrected chi connectivity index (χ4v) is 2.55. The molecule has 98 valence electrons. The average Bonchev–Trinajstić information content (AvgIpc) is 2.83. The Balaban J connectivity index is 0.00000144. The van der Waals surface area contributed by atoms with Crippen LogP contribution in [0.5, 0.6) is 0 Å².